The molecule has 9 nitrogen and oxygen atoms in total. The van der Waals surface area contributed by atoms with Crippen LogP contribution >= 0.6 is 0 Å². The van der Waals surface area contributed by atoms with Crippen LogP contribution in [-0.2, 0) is 16.2 Å². The minimum atomic E-state index is -0.0242. The molecule has 0 N–H and O–H groups in total. The summed E-state index contributed by atoms with van der Waals surface area (Å²) in [7, 11) is 0. The van der Waals surface area contributed by atoms with Crippen molar-refractivity contribution in [1.82, 2.24) is 44.9 Å². The van der Waals surface area contributed by atoms with Crippen molar-refractivity contribution in [2.45, 2.75) is 113 Å². The topological polar surface area (TPSA) is 116 Å². The summed E-state index contributed by atoms with van der Waals surface area (Å²) < 4.78 is 0. The van der Waals surface area contributed by atoms with Crippen LogP contribution in [0.1, 0.15) is 130 Å². The maximum absolute atomic E-state index is 4.97. The van der Waals surface area contributed by atoms with Crippen LogP contribution in [0.5, 0.6) is 0 Å². The molecule has 3 heterocycles. The Bertz CT molecular complexity index is 8040. The first kappa shape index (κ1) is 92.4. The second kappa shape index (κ2) is 42.5. The van der Waals surface area contributed by atoms with E-state index in [-0.39, 0.29) is 16.2 Å². The first-order valence-corrected chi connectivity index (χ1v) is 51.7. The van der Waals surface area contributed by atoms with Crippen LogP contribution in [0.25, 0.3) is 180 Å². The van der Waals surface area contributed by atoms with Gasteiger partial charge in [0, 0.05) is 66.3 Å². The van der Waals surface area contributed by atoms with Gasteiger partial charge >= 0.3 is 0 Å². The van der Waals surface area contributed by atoms with Crippen LogP contribution in [-0.4, -0.2) is 44.9 Å². The Morgan fingerprint density at radius 3 is 0.555 bits per heavy atom. The molecule has 0 spiro atoms. The maximum atomic E-state index is 4.97. The number of nitrogens with zero attached hydrogens (tertiary/aromatic N) is 9. The van der Waals surface area contributed by atoms with Gasteiger partial charge in [-0.05, 0) is 161 Å². The molecule has 0 atom stereocenters. The van der Waals surface area contributed by atoms with Crippen LogP contribution in [0, 0.1) is 0 Å². The van der Waals surface area contributed by atoms with Crippen LogP contribution in [0.4, 0.5) is 0 Å². The summed E-state index contributed by atoms with van der Waals surface area (Å²) in [5.74, 6) is 6.16. The highest BCUT2D eigenvalue weighted by Gasteiger charge is 2.39. The summed E-state index contributed by atoms with van der Waals surface area (Å²) >= 11 is 0. The molecule has 9 heteroatoms. The summed E-state index contributed by atoms with van der Waals surface area (Å²) in [6.45, 7) is 0. The van der Waals surface area contributed by atoms with Crippen molar-refractivity contribution >= 4 is 21.5 Å². The fourth-order valence-electron chi connectivity index (χ4n) is 22.6. The standard InChI is InChI=1S/C49H39N3.C45H37N3.C43H35N3/c1-4-15-37(16-5-1)46-50-47(38-17-6-2-7-18-38)52-48(51-46)39-26-30-43(31-27-39)49(32-10-3-11-33-49)42-28-24-35(25-29-42)40-20-12-21-41(34-40)45-23-13-19-36-14-8-9-22-44(36)45;1-5-14-33(15-6-1)38-20-13-21-39(32-38)34-22-26-40(27-23-34)45(30-11-4-12-31-45)41-28-24-37(25-29-41)44-47-42(35-16-7-2-8-17-35)46-43(48-44)36-18-9-3-10-19-36;1-4-14-33(15-5-1)40-44-41(34-16-6-2-7-17-34)46-42(45-40)35-23-27-37(28-24-35)43(29-10-3-11-30-43)36-25-21-32(22-26-36)39-20-12-18-31-13-8-9-19-38(31)39/h1-2,4-9,12-31,34H,3,10-11,32-33H2;1-3,5-10,13-29,32H,4,11-12,30-31H2;1-2,4-9,12-28H,3,10-11,29-30H2. The highest BCUT2D eigenvalue weighted by atomic mass is 15.1. The Hall–Kier alpha value is -17.3. The molecule has 22 aromatic rings. The molecule has 3 aromatic heterocycles. The van der Waals surface area contributed by atoms with Gasteiger partial charge in [-0.25, -0.2) is 44.9 Å². The fourth-order valence-corrected chi connectivity index (χ4v) is 22.6. The van der Waals surface area contributed by atoms with E-state index in [1.54, 1.807) is 0 Å². The lowest BCUT2D eigenvalue weighted by molar-refractivity contribution is 0.346. The molecule has 146 heavy (non-hydrogen) atoms. The smallest absolute Gasteiger partial charge is 0.164 e. The molecule has 3 aliphatic carbocycles. The van der Waals surface area contributed by atoms with Gasteiger partial charge < -0.3 is 0 Å². The molecular formula is C137H111N9. The van der Waals surface area contributed by atoms with E-state index in [1.165, 1.54) is 168 Å². The predicted molar refractivity (Wildman–Crippen MR) is 602 cm³/mol. The molecule has 0 aliphatic heterocycles. The number of rotatable bonds is 20. The summed E-state index contributed by atoms with van der Waals surface area (Å²) in [6.07, 6.45) is 18.2. The average molecular weight is 1880 g/mol. The third kappa shape index (κ3) is 19.7. The minimum absolute atomic E-state index is 0.00242. The largest absolute Gasteiger partial charge is 0.208 e. The Morgan fingerprint density at radius 2 is 0.295 bits per heavy atom. The number of hydrogen-bond acceptors (Lipinski definition) is 9. The molecule has 3 fully saturated rings. The fraction of sp³-hybridized carbons (Fsp3) is 0.131. The molecule has 3 aliphatic rings. The van der Waals surface area contributed by atoms with Gasteiger partial charge in [-0.3, -0.25) is 0 Å². The minimum Gasteiger partial charge on any atom is -0.208 e. The summed E-state index contributed by atoms with van der Waals surface area (Å²) in [4.78, 5) is 44.4. The Balaban J connectivity index is 0.000000121. The van der Waals surface area contributed by atoms with E-state index >= 15 is 0 Å². The number of aromatic nitrogens is 9. The Labute approximate surface area is 855 Å². The number of benzene rings is 19. The van der Waals surface area contributed by atoms with E-state index in [1.807, 2.05) is 109 Å². The van der Waals surface area contributed by atoms with Crippen LogP contribution in [0.2, 0.25) is 0 Å². The first-order valence-electron chi connectivity index (χ1n) is 51.7. The molecule has 0 amide bonds. The molecule has 0 saturated heterocycles. The van der Waals surface area contributed by atoms with E-state index < -0.39 is 0 Å². The maximum Gasteiger partial charge on any atom is 0.164 e. The van der Waals surface area contributed by atoms with Gasteiger partial charge in [-0.2, -0.15) is 0 Å². The van der Waals surface area contributed by atoms with E-state index in [0.29, 0.717) is 52.4 Å². The van der Waals surface area contributed by atoms with Gasteiger partial charge in [0.15, 0.2) is 52.4 Å². The predicted octanol–water partition coefficient (Wildman–Crippen LogP) is 35.0. The van der Waals surface area contributed by atoms with Gasteiger partial charge in [0.05, 0.1) is 0 Å². The second-order valence-electron chi connectivity index (χ2n) is 39.1. The van der Waals surface area contributed by atoms with E-state index in [0.717, 1.165) is 88.6 Å². The number of fused-ring (bicyclic) bond motifs is 2. The van der Waals surface area contributed by atoms with Crippen molar-refractivity contribution in [3.63, 3.8) is 0 Å². The monoisotopic (exact) mass is 1880 g/mol. The second-order valence-corrected chi connectivity index (χ2v) is 39.1. The van der Waals surface area contributed by atoms with Crippen LogP contribution in [0.3, 0.4) is 0 Å². The summed E-state index contributed by atoms with van der Waals surface area (Å²) in [6, 6.07) is 175. The van der Waals surface area contributed by atoms with Crippen molar-refractivity contribution in [3.8, 4) is 158 Å². The third-order valence-electron chi connectivity index (χ3n) is 30.3. The lowest BCUT2D eigenvalue weighted by atomic mass is 9.65. The normalized spacial score (nSPS) is 14.1. The van der Waals surface area contributed by atoms with Gasteiger partial charge in [-0.1, -0.05) is 537 Å². The van der Waals surface area contributed by atoms with Crippen molar-refractivity contribution in [1.29, 1.82) is 0 Å². The lowest BCUT2D eigenvalue weighted by Crippen LogP contribution is -2.30. The Kier molecular flexibility index (Phi) is 26.9. The molecule has 0 unspecified atom stereocenters. The molecular weight excluding hydrogens is 1770 g/mol. The SMILES string of the molecule is c1ccc(-c2cccc(-c3ccc(C4(c5ccc(-c6nc(-c7ccccc7)nc(-c7ccccc7)n6)cc5)CCCCC4)cc3)c2)cc1.c1ccc(-c2nc(-c3ccccc3)nc(-c3ccc(C4(c5ccc(-c6cccc(-c7cccc8ccccc78)c6)cc5)CCCCC4)cc3)n2)cc1.c1ccc(-c2nc(-c3ccccc3)nc(-c3ccc(C4(c5ccc(-c6cccc7ccccc67)cc5)CCCCC4)cc3)n2)cc1. The molecule has 0 bridgehead atoms. The van der Waals surface area contributed by atoms with Gasteiger partial charge in [0.1, 0.15) is 0 Å². The van der Waals surface area contributed by atoms with E-state index in [2.05, 4.69) is 382 Å². The van der Waals surface area contributed by atoms with Crippen molar-refractivity contribution in [2.24, 2.45) is 0 Å². The molecule has 0 radical (unpaired) electrons. The summed E-state index contributed by atoms with van der Waals surface area (Å²) in [5, 5.41) is 5.12. The third-order valence-corrected chi connectivity index (χ3v) is 30.3. The van der Waals surface area contributed by atoms with Gasteiger partial charge in [0.2, 0.25) is 0 Å². The summed E-state index contributed by atoms with van der Waals surface area (Å²) in [5.41, 5.74) is 29.6. The highest BCUT2D eigenvalue weighted by molar-refractivity contribution is 5.98. The van der Waals surface area contributed by atoms with Crippen molar-refractivity contribution in [3.05, 3.63) is 525 Å². The highest BCUT2D eigenvalue weighted by Crippen LogP contribution is 2.51. The zero-order valence-electron chi connectivity index (χ0n) is 81.9. The molecule has 704 valence electrons. The van der Waals surface area contributed by atoms with Crippen LogP contribution < -0.4 is 0 Å². The zero-order valence-corrected chi connectivity index (χ0v) is 81.9. The van der Waals surface area contributed by atoms with Crippen molar-refractivity contribution < 1.29 is 0 Å². The number of hydrogen-bond donors (Lipinski definition) is 0. The lowest BCUT2D eigenvalue weighted by Gasteiger charge is -2.39. The van der Waals surface area contributed by atoms with E-state index in [4.69, 9.17) is 44.9 Å². The zero-order chi connectivity index (χ0) is 97.7. The molecule has 19 aromatic carbocycles. The average Bonchev–Trinajstić information content (AvgIpc) is 0.765. The molecule has 3 saturated carbocycles. The van der Waals surface area contributed by atoms with Crippen LogP contribution in [0.15, 0.2) is 491 Å². The molecule has 25 rings (SSSR count). The van der Waals surface area contributed by atoms with Gasteiger partial charge in [0.25, 0.3) is 0 Å². The van der Waals surface area contributed by atoms with E-state index in [9.17, 15) is 0 Å². The van der Waals surface area contributed by atoms with Crippen molar-refractivity contribution in [2.75, 3.05) is 0 Å². The quantitative estimate of drug-likeness (QED) is 0.0735. The first-order chi connectivity index (χ1) is 72.2. The Morgan fingerprint density at radius 1 is 0.123 bits per heavy atom. The van der Waals surface area contributed by atoms with Gasteiger partial charge in [-0.15, -0.1) is 0 Å².